The third kappa shape index (κ3) is 8.28. The monoisotopic (exact) mass is 395 g/mol. The molecule has 2 amide bonds. The van der Waals surface area contributed by atoms with Crippen LogP contribution in [-0.4, -0.2) is 74.6 Å². The van der Waals surface area contributed by atoms with E-state index >= 15 is 0 Å². The molecule has 0 aromatic heterocycles. The van der Waals surface area contributed by atoms with Gasteiger partial charge in [-0.15, -0.1) is 0 Å². The van der Waals surface area contributed by atoms with Crippen molar-refractivity contribution in [3.8, 4) is 0 Å². The molecule has 1 N–H and O–H groups in total. The van der Waals surface area contributed by atoms with Crippen molar-refractivity contribution in [2.75, 3.05) is 53.0 Å². The minimum Gasteiger partial charge on any atom is -0.385 e. The predicted molar refractivity (Wildman–Crippen MR) is 107 cm³/mol. The summed E-state index contributed by atoms with van der Waals surface area (Å²) in [4.78, 5) is 28.3. The van der Waals surface area contributed by atoms with Crippen LogP contribution in [0.1, 0.15) is 24.8 Å². The summed E-state index contributed by atoms with van der Waals surface area (Å²) in [6, 6.07) is 7.77. The van der Waals surface area contributed by atoms with Crippen molar-refractivity contribution in [3.63, 3.8) is 0 Å². The van der Waals surface area contributed by atoms with E-state index in [0.29, 0.717) is 39.2 Å². The highest BCUT2D eigenvalue weighted by Gasteiger charge is 2.21. The molecule has 1 saturated heterocycles. The normalized spacial score (nSPS) is 15.0. The lowest BCUT2D eigenvalue weighted by Crippen LogP contribution is -2.51. The number of hydrogen-bond donors (Lipinski definition) is 1. The second-order valence-corrected chi connectivity index (χ2v) is 7.27. The first-order chi connectivity index (χ1) is 13.1. The number of methoxy groups -OCH3 is 1. The summed E-state index contributed by atoms with van der Waals surface area (Å²) >= 11 is 5.88. The van der Waals surface area contributed by atoms with Crippen LogP contribution >= 0.6 is 11.6 Å². The molecule has 0 unspecified atom stereocenters. The second-order valence-electron chi connectivity index (χ2n) is 6.83. The maximum atomic E-state index is 12.4. The molecule has 0 radical (unpaired) electrons. The number of nitrogens with one attached hydrogen (secondary N) is 1. The Hall–Kier alpha value is -1.63. The molecule has 0 bridgehead atoms. The molecule has 1 aromatic rings. The number of benzene rings is 1. The lowest BCUT2D eigenvalue weighted by Gasteiger charge is -2.34. The Labute approximate surface area is 166 Å². The van der Waals surface area contributed by atoms with Crippen molar-refractivity contribution < 1.29 is 14.3 Å². The largest absolute Gasteiger partial charge is 0.385 e. The average molecular weight is 396 g/mol. The lowest BCUT2D eigenvalue weighted by atomic mass is 10.1. The van der Waals surface area contributed by atoms with Gasteiger partial charge in [-0.25, -0.2) is 0 Å². The van der Waals surface area contributed by atoms with Crippen molar-refractivity contribution in [1.82, 2.24) is 15.1 Å². The molecule has 27 heavy (non-hydrogen) atoms. The fraction of sp³-hybridized carbons (Fsp3) is 0.600. The molecule has 6 nitrogen and oxygen atoms in total. The number of hydrogen-bond acceptors (Lipinski definition) is 4. The molecule has 7 heteroatoms. The molecule has 150 valence electrons. The molecule has 2 rings (SSSR count). The zero-order valence-electron chi connectivity index (χ0n) is 16.1. The van der Waals surface area contributed by atoms with Crippen molar-refractivity contribution in [3.05, 3.63) is 34.9 Å². The van der Waals surface area contributed by atoms with Crippen LogP contribution in [0.5, 0.6) is 0 Å². The fourth-order valence-electron chi connectivity index (χ4n) is 3.11. The molecule has 1 aromatic carbocycles. The number of ether oxygens (including phenoxy) is 1. The van der Waals surface area contributed by atoms with Crippen LogP contribution in [0.2, 0.25) is 5.02 Å². The highest BCUT2D eigenvalue weighted by molar-refractivity contribution is 6.30. The van der Waals surface area contributed by atoms with E-state index in [1.54, 1.807) is 7.11 Å². The van der Waals surface area contributed by atoms with Gasteiger partial charge in [0.2, 0.25) is 11.8 Å². The standard InChI is InChI=1S/C20H30ClN3O3/c1-27-15-3-10-22-19(25)16-23-11-13-24(14-12-23)20(26)5-2-4-17-6-8-18(21)9-7-17/h6-9H,2-5,10-16H2,1H3,(H,22,25). The molecule has 0 atom stereocenters. The second kappa shape index (κ2) is 12.0. The smallest absolute Gasteiger partial charge is 0.234 e. The summed E-state index contributed by atoms with van der Waals surface area (Å²) in [5.74, 6) is 0.237. The van der Waals surface area contributed by atoms with Crippen molar-refractivity contribution in [2.45, 2.75) is 25.7 Å². The number of carbonyl (C=O) groups excluding carboxylic acids is 2. The zero-order chi connectivity index (χ0) is 19.5. The molecule has 1 heterocycles. The number of rotatable bonds is 10. The van der Waals surface area contributed by atoms with E-state index in [1.165, 1.54) is 5.56 Å². The van der Waals surface area contributed by atoms with Gasteiger partial charge in [-0.05, 0) is 37.0 Å². The minimum absolute atomic E-state index is 0.0360. The molecule has 1 aliphatic rings. The molecule has 0 spiro atoms. The van der Waals surface area contributed by atoms with Crippen molar-refractivity contribution >= 4 is 23.4 Å². The Morgan fingerprint density at radius 3 is 2.48 bits per heavy atom. The zero-order valence-corrected chi connectivity index (χ0v) is 16.8. The summed E-state index contributed by atoms with van der Waals surface area (Å²) in [5.41, 5.74) is 1.20. The van der Waals surface area contributed by atoms with Crippen LogP contribution in [-0.2, 0) is 20.7 Å². The van der Waals surface area contributed by atoms with E-state index in [9.17, 15) is 9.59 Å². The van der Waals surface area contributed by atoms with Gasteiger partial charge in [0, 0.05) is 57.9 Å². The quantitative estimate of drug-likeness (QED) is 0.615. The van der Waals surface area contributed by atoms with Crippen LogP contribution < -0.4 is 5.32 Å². The van der Waals surface area contributed by atoms with Gasteiger partial charge >= 0.3 is 0 Å². The minimum atomic E-state index is 0.0360. The van der Waals surface area contributed by atoms with Crippen LogP contribution in [0.25, 0.3) is 0 Å². The van der Waals surface area contributed by atoms with Crippen LogP contribution in [0.3, 0.4) is 0 Å². The molecular weight excluding hydrogens is 366 g/mol. The Kier molecular flexibility index (Phi) is 9.59. The number of piperazine rings is 1. The fourth-order valence-corrected chi connectivity index (χ4v) is 3.24. The number of carbonyl (C=O) groups is 2. The summed E-state index contributed by atoms with van der Waals surface area (Å²) in [5, 5.41) is 3.63. The van der Waals surface area contributed by atoms with E-state index in [2.05, 4.69) is 10.2 Å². The SMILES string of the molecule is COCCCNC(=O)CN1CCN(C(=O)CCCc2ccc(Cl)cc2)CC1. The van der Waals surface area contributed by atoms with E-state index in [4.69, 9.17) is 16.3 Å². The summed E-state index contributed by atoms with van der Waals surface area (Å²) < 4.78 is 4.96. The van der Waals surface area contributed by atoms with Gasteiger partial charge in [0.25, 0.3) is 0 Å². The molecular formula is C20H30ClN3O3. The average Bonchev–Trinajstić information content (AvgIpc) is 2.67. The number of halogens is 1. The van der Waals surface area contributed by atoms with Gasteiger partial charge < -0.3 is 15.0 Å². The van der Waals surface area contributed by atoms with Gasteiger partial charge in [0.1, 0.15) is 0 Å². The third-order valence-corrected chi connectivity index (χ3v) is 4.96. The van der Waals surface area contributed by atoms with Crippen LogP contribution in [0, 0.1) is 0 Å². The van der Waals surface area contributed by atoms with Gasteiger partial charge in [-0.1, -0.05) is 23.7 Å². The molecule has 0 aliphatic carbocycles. The van der Waals surface area contributed by atoms with Crippen LogP contribution in [0.4, 0.5) is 0 Å². The molecule has 0 saturated carbocycles. The summed E-state index contributed by atoms with van der Waals surface area (Å²) in [6.45, 7) is 4.56. The lowest BCUT2D eigenvalue weighted by molar-refractivity contribution is -0.133. The van der Waals surface area contributed by atoms with E-state index in [-0.39, 0.29) is 11.8 Å². The van der Waals surface area contributed by atoms with E-state index in [1.807, 2.05) is 29.2 Å². The Bertz CT molecular complexity index is 587. The van der Waals surface area contributed by atoms with Gasteiger partial charge in [-0.2, -0.15) is 0 Å². The first-order valence-electron chi connectivity index (χ1n) is 9.58. The van der Waals surface area contributed by atoms with E-state index in [0.717, 1.165) is 37.4 Å². The summed E-state index contributed by atoms with van der Waals surface area (Å²) in [6.07, 6.45) is 3.10. The van der Waals surface area contributed by atoms with Crippen molar-refractivity contribution in [2.24, 2.45) is 0 Å². The molecule has 1 aliphatic heterocycles. The van der Waals surface area contributed by atoms with Gasteiger partial charge in [0.05, 0.1) is 6.54 Å². The predicted octanol–water partition coefficient (Wildman–Crippen LogP) is 1.96. The highest BCUT2D eigenvalue weighted by atomic mass is 35.5. The van der Waals surface area contributed by atoms with Crippen molar-refractivity contribution in [1.29, 1.82) is 0 Å². The highest BCUT2D eigenvalue weighted by Crippen LogP contribution is 2.12. The van der Waals surface area contributed by atoms with Gasteiger partial charge in [-0.3, -0.25) is 14.5 Å². The first kappa shape index (κ1) is 21.7. The maximum Gasteiger partial charge on any atom is 0.234 e. The Balaban J connectivity index is 1.59. The molecule has 1 fully saturated rings. The first-order valence-corrected chi connectivity index (χ1v) is 9.96. The number of aryl methyl sites for hydroxylation is 1. The Morgan fingerprint density at radius 1 is 1.11 bits per heavy atom. The topological polar surface area (TPSA) is 61.9 Å². The van der Waals surface area contributed by atoms with Gasteiger partial charge in [0.15, 0.2) is 0 Å². The van der Waals surface area contributed by atoms with Crippen LogP contribution in [0.15, 0.2) is 24.3 Å². The van der Waals surface area contributed by atoms with E-state index < -0.39 is 0 Å². The third-order valence-electron chi connectivity index (χ3n) is 4.71. The summed E-state index contributed by atoms with van der Waals surface area (Å²) in [7, 11) is 1.65. The number of amides is 2. The number of nitrogens with zero attached hydrogens (tertiary/aromatic N) is 2. The maximum absolute atomic E-state index is 12.4. The Morgan fingerprint density at radius 2 is 1.81 bits per heavy atom.